The number of aromatic nitrogens is 2. The van der Waals surface area contributed by atoms with Crippen LogP contribution in [0, 0.1) is 12.8 Å². The van der Waals surface area contributed by atoms with Crippen LogP contribution in [-0.4, -0.2) is 27.5 Å². The van der Waals surface area contributed by atoms with Gasteiger partial charge in [-0.05, 0) is 47.0 Å². The second-order valence-electron chi connectivity index (χ2n) is 7.04. The number of nitrogens with one attached hydrogen (secondary N) is 1. The van der Waals surface area contributed by atoms with E-state index in [1.807, 2.05) is 4.68 Å². The number of hydrogen-bond acceptors (Lipinski definition) is 3. The van der Waals surface area contributed by atoms with Gasteiger partial charge < -0.3 is 10.4 Å². The second kappa shape index (κ2) is 6.72. The van der Waals surface area contributed by atoms with E-state index in [2.05, 4.69) is 65.1 Å². The molecule has 0 saturated heterocycles. The van der Waals surface area contributed by atoms with Crippen LogP contribution in [0.2, 0.25) is 0 Å². The Kier molecular flexibility index (Phi) is 5.78. The summed E-state index contributed by atoms with van der Waals surface area (Å²) in [5, 5.41) is 17.4. The van der Waals surface area contributed by atoms with Gasteiger partial charge in [0.25, 0.3) is 0 Å². The van der Waals surface area contributed by atoms with Gasteiger partial charge in [0.05, 0.1) is 11.2 Å². The lowest BCUT2D eigenvalue weighted by atomic mass is 9.99. The van der Waals surface area contributed by atoms with Crippen LogP contribution in [0.1, 0.15) is 65.3 Å². The second-order valence-corrected chi connectivity index (χ2v) is 7.04. The first-order valence-electron chi connectivity index (χ1n) is 7.60. The molecule has 0 amide bonds. The van der Waals surface area contributed by atoms with Gasteiger partial charge in [0.15, 0.2) is 0 Å². The molecule has 1 rings (SSSR count). The fourth-order valence-electron chi connectivity index (χ4n) is 2.40. The zero-order chi connectivity index (χ0) is 15.5. The first kappa shape index (κ1) is 17.2. The van der Waals surface area contributed by atoms with Crippen LogP contribution in [0.5, 0.6) is 0 Å². The molecular formula is C16H31N3O. The number of rotatable bonds is 6. The molecule has 2 N–H and O–H groups in total. The topological polar surface area (TPSA) is 50.1 Å². The van der Waals surface area contributed by atoms with E-state index < -0.39 is 0 Å². The summed E-state index contributed by atoms with van der Waals surface area (Å²) in [4.78, 5) is 0. The van der Waals surface area contributed by atoms with Crippen LogP contribution < -0.4 is 5.32 Å². The molecule has 0 aliphatic carbocycles. The molecular weight excluding hydrogens is 250 g/mol. The number of nitrogens with zero attached hydrogens (tertiary/aromatic N) is 2. The standard InChI is InChI=1S/C16H31N3O/c1-11(2)15(8-9-20)17-12(3)14-10-19(16(5,6)7)18-13(14)4/h10-12,15,17,20H,8-9H2,1-7H3. The van der Waals surface area contributed by atoms with E-state index in [1.165, 1.54) is 5.56 Å². The molecule has 0 saturated carbocycles. The Hall–Kier alpha value is -0.870. The summed E-state index contributed by atoms with van der Waals surface area (Å²) in [5.74, 6) is 0.502. The van der Waals surface area contributed by atoms with Crippen molar-refractivity contribution in [3.8, 4) is 0 Å². The van der Waals surface area contributed by atoms with Crippen molar-refractivity contribution < 1.29 is 5.11 Å². The van der Waals surface area contributed by atoms with E-state index in [9.17, 15) is 5.11 Å². The molecule has 0 radical (unpaired) electrons. The van der Waals surface area contributed by atoms with Crippen molar-refractivity contribution in [2.24, 2.45) is 5.92 Å². The first-order valence-corrected chi connectivity index (χ1v) is 7.60. The van der Waals surface area contributed by atoms with Gasteiger partial charge in [0.2, 0.25) is 0 Å². The maximum atomic E-state index is 9.18. The average Bonchev–Trinajstić information content (AvgIpc) is 2.70. The summed E-state index contributed by atoms with van der Waals surface area (Å²) in [6, 6.07) is 0.567. The molecule has 0 fully saturated rings. The van der Waals surface area contributed by atoms with Gasteiger partial charge in [0, 0.05) is 30.5 Å². The van der Waals surface area contributed by atoms with Crippen molar-refractivity contribution in [2.45, 2.75) is 72.5 Å². The Balaban J connectivity index is 2.86. The van der Waals surface area contributed by atoms with E-state index in [4.69, 9.17) is 0 Å². The smallest absolute Gasteiger partial charge is 0.0641 e. The molecule has 1 heterocycles. The monoisotopic (exact) mass is 281 g/mol. The fraction of sp³-hybridized carbons (Fsp3) is 0.812. The van der Waals surface area contributed by atoms with Crippen LogP contribution in [0.15, 0.2) is 6.20 Å². The molecule has 0 aliphatic rings. The van der Waals surface area contributed by atoms with Crippen molar-refractivity contribution in [3.63, 3.8) is 0 Å². The molecule has 116 valence electrons. The molecule has 20 heavy (non-hydrogen) atoms. The zero-order valence-corrected chi connectivity index (χ0v) is 14.1. The molecule has 4 heteroatoms. The van der Waals surface area contributed by atoms with Crippen molar-refractivity contribution in [3.05, 3.63) is 17.5 Å². The quantitative estimate of drug-likeness (QED) is 0.843. The first-order chi connectivity index (χ1) is 9.16. The molecule has 4 nitrogen and oxygen atoms in total. The Morgan fingerprint density at radius 3 is 2.30 bits per heavy atom. The average molecular weight is 281 g/mol. The van der Waals surface area contributed by atoms with Crippen LogP contribution in [0.25, 0.3) is 0 Å². The maximum Gasteiger partial charge on any atom is 0.0641 e. The highest BCUT2D eigenvalue weighted by Gasteiger charge is 2.21. The zero-order valence-electron chi connectivity index (χ0n) is 14.1. The minimum Gasteiger partial charge on any atom is -0.396 e. The van der Waals surface area contributed by atoms with Crippen molar-refractivity contribution in [2.75, 3.05) is 6.61 Å². The van der Waals surface area contributed by atoms with Crippen LogP contribution >= 0.6 is 0 Å². The molecule has 1 aromatic heterocycles. The van der Waals surface area contributed by atoms with Gasteiger partial charge in [-0.1, -0.05) is 13.8 Å². The lowest BCUT2D eigenvalue weighted by molar-refractivity contribution is 0.237. The normalized spacial score (nSPS) is 15.7. The van der Waals surface area contributed by atoms with Crippen LogP contribution in [-0.2, 0) is 5.54 Å². The molecule has 2 unspecified atom stereocenters. The number of aliphatic hydroxyl groups excluding tert-OH is 1. The molecule has 0 bridgehead atoms. The highest BCUT2D eigenvalue weighted by atomic mass is 16.3. The Morgan fingerprint density at radius 2 is 1.90 bits per heavy atom. The molecule has 1 aromatic rings. The summed E-state index contributed by atoms with van der Waals surface area (Å²) in [6.07, 6.45) is 2.93. The summed E-state index contributed by atoms with van der Waals surface area (Å²) >= 11 is 0. The van der Waals surface area contributed by atoms with E-state index in [1.54, 1.807) is 0 Å². The lowest BCUT2D eigenvalue weighted by Crippen LogP contribution is -2.36. The van der Waals surface area contributed by atoms with Gasteiger partial charge >= 0.3 is 0 Å². The predicted molar refractivity (Wildman–Crippen MR) is 83.8 cm³/mol. The maximum absolute atomic E-state index is 9.18. The van der Waals surface area contributed by atoms with Gasteiger partial charge in [-0.25, -0.2) is 0 Å². The Labute approximate surface area is 123 Å². The highest BCUT2D eigenvalue weighted by molar-refractivity contribution is 5.20. The van der Waals surface area contributed by atoms with Crippen molar-refractivity contribution in [1.82, 2.24) is 15.1 Å². The third-order valence-electron chi connectivity index (χ3n) is 3.80. The van der Waals surface area contributed by atoms with Crippen LogP contribution in [0.4, 0.5) is 0 Å². The summed E-state index contributed by atoms with van der Waals surface area (Å²) < 4.78 is 2.03. The van der Waals surface area contributed by atoms with Crippen molar-refractivity contribution >= 4 is 0 Å². The third-order valence-corrected chi connectivity index (χ3v) is 3.80. The minimum atomic E-state index is 0.00524. The Bertz CT molecular complexity index is 418. The van der Waals surface area contributed by atoms with Gasteiger partial charge in [-0.3, -0.25) is 4.68 Å². The number of aliphatic hydroxyl groups is 1. The molecule has 0 aromatic carbocycles. The van der Waals surface area contributed by atoms with Crippen molar-refractivity contribution in [1.29, 1.82) is 0 Å². The highest BCUT2D eigenvalue weighted by Crippen LogP contribution is 2.22. The van der Waals surface area contributed by atoms with Crippen LogP contribution in [0.3, 0.4) is 0 Å². The molecule has 2 atom stereocenters. The van der Waals surface area contributed by atoms with Gasteiger partial charge in [-0.15, -0.1) is 0 Å². The largest absolute Gasteiger partial charge is 0.396 e. The third kappa shape index (κ3) is 4.32. The fourth-order valence-corrected chi connectivity index (χ4v) is 2.40. The van der Waals surface area contributed by atoms with Gasteiger partial charge in [-0.2, -0.15) is 5.10 Å². The van der Waals surface area contributed by atoms with E-state index in [0.29, 0.717) is 12.0 Å². The van der Waals surface area contributed by atoms with E-state index in [0.717, 1.165) is 12.1 Å². The summed E-state index contributed by atoms with van der Waals surface area (Å²) in [6.45, 7) is 15.3. The minimum absolute atomic E-state index is 0.00524. The SMILES string of the molecule is Cc1nn(C(C)(C)C)cc1C(C)NC(CCO)C(C)C. The van der Waals surface area contributed by atoms with E-state index in [-0.39, 0.29) is 18.2 Å². The van der Waals surface area contributed by atoms with Gasteiger partial charge in [0.1, 0.15) is 0 Å². The lowest BCUT2D eigenvalue weighted by Gasteiger charge is -2.26. The van der Waals surface area contributed by atoms with E-state index >= 15 is 0 Å². The number of hydrogen-bond donors (Lipinski definition) is 2. The molecule has 0 aliphatic heterocycles. The number of aryl methyl sites for hydroxylation is 1. The Morgan fingerprint density at radius 1 is 1.30 bits per heavy atom. The summed E-state index contributed by atoms with van der Waals surface area (Å²) in [7, 11) is 0. The predicted octanol–water partition coefficient (Wildman–Crippen LogP) is 3.00. The summed E-state index contributed by atoms with van der Waals surface area (Å²) in [5.41, 5.74) is 2.32. The molecule has 0 spiro atoms.